The van der Waals surface area contributed by atoms with E-state index < -0.39 is 0 Å². The molecule has 1 spiro atoms. The van der Waals surface area contributed by atoms with Gasteiger partial charge in [0.2, 0.25) is 0 Å². The van der Waals surface area contributed by atoms with E-state index in [0.29, 0.717) is 5.41 Å². The van der Waals surface area contributed by atoms with Crippen LogP contribution in [0.25, 0.3) is 21.3 Å². The van der Waals surface area contributed by atoms with Crippen LogP contribution in [0.5, 0.6) is 0 Å². The number of rotatable bonds is 4. The summed E-state index contributed by atoms with van der Waals surface area (Å²) in [5.74, 6) is 2.12. The van der Waals surface area contributed by atoms with Crippen LogP contribution in [-0.4, -0.2) is 54.3 Å². The van der Waals surface area contributed by atoms with Gasteiger partial charge in [0.05, 0.1) is 25.1 Å². The van der Waals surface area contributed by atoms with Gasteiger partial charge in [-0.05, 0) is 36.7 Å². The zero-order chi connectivity index (χ0) is 20.0. The molecule has 3 aliphatic rings. The Morgan fingerprint density at radius 1 is 1.00 bits per heavy atom. The summed E-state index contributed by atoms with van der Waals surface area (Å²) in [4.78, 5) is 16.3. The summed E-state index contributed by atoms with van der Waals surface area (Å²) >= 11 is 1.76. The van der Waals surface area contributed by atoms with Gasteiger partial charge in [-0.15, -0.1) is 11.3 Å². The Bertz CT molecular complexity index is 1040. The van der Waals surface area contributed by atoms with Gasteiger partial charge in [0.15, 0.2) is 0 Å². The van der Waals surface area contributed by atoms with Crippen molar-refractivity contribution in [1.82, 2.24) is 14.9 Å². The maximum atomic E-state index is 5.52. The SMILES string of the molecule is c1ccc(-c2csc3nc(CN4CCOCC4)nc(N4CCCC5(CC5)C4)c23)cc1. The number of hydrogen-bond acceptors (Lipinski definition) is 6. The molecule has 0 atom stereocenters. The van der Waals surface area contributed by atoms with Gasteiger partial charge >= 0.3 is 0 Å². The highest BCUT2D eigenvalue weighted by atomic mass is 32.1. The molecule has 1 aliphatic carbocycles. The van der Waals surface area contributed by atoms with E-state index in [4.69, 9.17) is 14.7 Å². The maximum absolute atomic E-state index is 5.52. The molecule has 0 N–H and O–H groups in total. The molecule has 2 saturated heterocycles. The van der Waals surface area contributed by atoms with Crippen LogP contribution >= 0.6 is 11.3 Å². The van der Waals surface area contributed by atoms with Crippen molar-refractivity contribution in [1.29, 1.82) is 0 Å². The van der Waals surface area contributed by atoms with Crippen LogP contribution in [0.4, 0.5) is 5.82 Å². The van der Waals surface area contributed by atoms with Crippen LogP contribution < -0.4 is 4.90 Å². The lowest BCUT2D eigenvalue weighted by Crippen LogP contribution is -2.38. The maximum Gasteiger partial charge on any atom is 0.146 e. The second-order valence-corrected chi connectivity index (χ2v) is 9.93. The van der Waals surface area contributed by atoms with Crippen LogP contribution in [0.15, 0.2) is 35.7 Å². The summed E-state index contributed by atoms with van der Waals surface area (Å²) in [7, 11) is 0. The fourth-order valence-electron chi connectivity index (χ4n) is 5.03. The Hall–Kier alpha value is -2.02. The van der Waals surface area contributed by atoms with Crippen molar-refractivity contribution in [2.45, 2.75) is 32.2 Å². The summed E-state index contributed by atoms with van der Waals surface area (Å²) < 4.78 is 5.52. The number of piperidine rings is 1. The third-order valence-corrected chi connectivity index (χ3v) is 7.80. The molecule has 2 aliphatic heterocycles. The smallest absolute Gasteiger partial charge is 0.146 e. The van der Waals surface area contributed by atoms with Crippen molar-refractivity contribution in [3.63, 3.8) is 0 Å². The average Bonchev–Trinajstić information content (AvgIpc) is 3.39. The number of thiophene rings is 1. The van der Waals surface area contributed by atoms with Crippen molar-refractivity contribution in [3.05, 3.63) is 41.5 Å². The number of ether oxygens (including phenoxy) is 1. The second-order valence-electron chi connectivity index (χ2n) is 9.07. The van der Waals surface area contributed by atoms with Crippen LogP contribution in [0.1, 0.15) is 31.5 Å². The van der Waals surface area contributed by atoms with Crippen LogP contribution in [0.3, 0.4) is 0 Å². The van der Waals surface area contributed by atoms with Gasteiger partial charge < -0.3 is 9.64 Å². The minimum absolute atomic E-state index is 0.558. The zero-order valence-corrected chi connectivity index (χ0v) is 18.2. The average molecular weight is 421 g/mol. The molecule has 2 aromatic heterocycles. The zero-order valence-electron chi connectivity index (χ0n) is 17.3. The van der Waals surface area contributed by atoms with Gasteiger partial charge in [0.1, 0.15) is 16.5 Å². The predicted molar refractivity (Wildman–Crippen MR) is 122 cm³/mol. The number of fused-ring (bicyclic) bond motifs is 1. The summed E-state index contributed by atoms with van der Waals surface area (Å²) in [6.07, 6.45) is 5.42. The van der Waals surface area contributed by atoms with Gasteiger partial charge in [0, 0.05) is 37.1 Å². The van der Waals surface area contributed by atoms with Gasteiger partial charge in [-0.2, -0.15) is 0 Å². The van der Waals surface area contributed by atoms with E-state index in [-0.39, 0.29) is 0 Å². The lowest BCUT2D eigenvalue weighted by molar-refractivity contribution is 0.0331. The Morgan fingerprint density at radius 3 is 2.63 bits per heavy atom. The van der Waals surface area contributed by atoms with E-state index in [9.17, 15) is 0 Å². The van der Waals surface area contributed by atoms with Crippen molar-refractivity contribution >= 4 is 27.4 Å². The molecule has 6 heteroatoms. The molecule has 3 aromatic rings. The quantitative estimate of drug-likeness (QED) is 0.618. The summed E-state index contributed by atoms with van der Waals surface area (Å²) in [5, 5.41) is 3.52. The molecule has 0 unspecified atom stereocenters. The third kappa shape index (κ3) is 3.51. The summed E-state index contributed by atoms with van der Waals surface area (Å²) in [5.41, 5.74) is 3.09. The van der Waals surface area contributed by atoms with Gasteiger partial charge in [-0.1, -0.05) is 30.3 Å². The van der Waals surface area contributed by atoms with E-state index in [1.807, 2.05) is 0 Å². The molecule has 156 valence electrons. The topological polar surface area (TPSA) is 41.5 Å². The number of hydrogen-bond donors (Lipinski definition) is 0. The first-order chi connectivity index (χ1) is 14.8. The van der Waals surface area contributed by atoms with Crippen molar-refractivity contribution in [2.75, 3.05) is 44.3 Å². The highest BCUT2D eigenvalue weighted by Crippen LogP contribution is 2.53. The largest absolute Gasteiger partial charge is 0.379 e. The van der Waals surface area contributed by atoms with Crippen molar-refractivity contribution in [2.24, 2.45) is 5.41 Å². The molecule has 6 rings (SSSR count). The van der Waals surface area contributed by atoms with Gasteiger partial charge in [-0.3, -0.25) is 4.90 Å². The van der Waals surface area contributed by atoms with Crippen LogP contribution in [0.2, 0.25) is 0 Å². The lowest BCUT2D eigenvalue weighted by Gasteiger charge is -2.34. The Balaban J connectivity index is 1.44. The molecule has 0 bridgehead atoms. The number of nitrogens with zero attached hydrogens (tertiary/aromatic N) is 4. The normalized spacial score (nSPS) is 21.4. The number of aromatic nitrogens is 2. The minimum Gasteiger partial charge on any atom is -0.379 e. The third-order valence-electron chi connectivity index (χ3n) is 6.93. The number of benzene rings is 1. The fraction of sp³-hybridized carbons (Fsp3) is 0.500. The molecule has 5 nitrogen and oxygen atoms in total. The second kappa shape index (κ2) is 7.59. The van der Waals surface area contributed by atoms with Crippen molar-refractivity contribution < 1.29 is 4.74 Å². The Morgan fingerprint density at radius 2 is 1.83 bits per heavy atom. The molecule has 30 heavy (non-hydrogen) atoms. The first kappa shape index (κ1) is 18.7. The molecular weight excluding hydrogens is 392 g/mol. The first-order valence-electron chi connectivity index (χ1n) is 11.2. The highest BCUT2D eigenvalue weighted by Gasteiger charge is 2.46. The van der Waals surface area contributed by atoms with E-state index >= 15 is 0 Å². The van der Waals surface area contributed by atoms with Crippen LogP contribution in [-0.2, 0) is 11.3 Å². The molecule has 0 amide bonds. The highest BCUT2D eigenvalue weighted by molar-refractivity contribution is 7.17. The van der Waals surface area contributed by atoms with Crippen molar-refractivity contribution in [3.8, 4) is 11.1 Å². The monoisotopic (exact) mass is 420 g/mol. The van der Waals surface area contributed by atoms with Crippen LogP contribution in [0, 0.1) is 5.41 Å². The standard InChI is InChI=1S/C24H28N4OS/c1-2-5-18(6-3-1)19-16-30-23-21(19)22(28-10-4-7-24(17-28)8-9-24)25-20(26-23)15-27-11-13-29-14-12-27/h1-3,5-6,16H,4,7-15,17H2. The first-order valence-corrected chi connectivity index (χ1v) is 12.1. The number of morpholine rings is 1. The minimum atomic E-state index is 0.558. The number of anilines is 1. The Labute approximate surface area is 181 Å². The molecule has 1 saturated carbocycles. The molecular formula is C24H28N4OS. The molecule has 4 heterocycles. The van der Waals surface area contributed by atoms with E-state index in [0.717, 1.165) is 62.4 Å². The van der Waals surface area contributed by atoms with E-state index in [2.05, 4.69) is 45.5 Å². The van der Waals surface area contributed by atoms with Gasteiger partial charge in [0.25, 0.3) is 0 Å². The fourth-order valence-corrected chi connectivity index (χ4v) is 5.99. The molecule has 0 radical (unpaired) electrons. The summed E-state index contributed by atoms with van der Waals surface area (Å²) in [6.45, 7) is 6.60. The van der Waals surface area contributed by atoms with E-state index in [1.165, 1.54) is 42.2 Å². The van der Waals surface area contributed by atoms with E-state index in [1.54, 1.807) is 11.3 Å². The predicted octanol–water partition coefficient (Wildman–Crippen LogP) is 4.57. The molecule has 1 aromatic carbocycles. The van der Waals surface area contributed by atoms with Gasteiger partial charge in [-0.25, -0.2) is 9.97 Å². The summed E-state index contributed by atoms with van der Waals surface area (Å²) in [6, 6.07) is 10.7. The lowest BCUT2D eigenvalue weighted by atomic mass is 9.94. The Kier molecular flexibility index (Phi) is 4.74. The molecule has 3 fully saturated rings.